The average molecular weight is 462 g/mol. The third-order valence-electron chi connectivity index (χ3n) is 3.99. The maximum absolute atomic E-state index is 14.3. The summed E-state index contributed by atoms with van der Waals surface area (Å²) in [5.41, 5.74) is -7.30. The Labute approximate surface area is 153 Å². The van der Waals surface area contributed by atoms with Crippen LogP contribution in [0.25, 0.3) is 0 Å². The third kappa shape index (κ3) is 4.12. The molecule has 1 rings (SSSR count). The number of hydrogen-bond acceptors (Lipinski definition) is 4. The number of rotatable bonds is 6. The molecular weight excluding hydrogens is 451 g/mol. The highest BCUT2D eigenvalue weighted by Gasteiger charge is 2.88. The van der Waals surface area contributed by atoms with Crippen LogP contribution < -0.4 is 0 Å². The summed E-state index contributed by atoms with van der Waals surface area (Å²) >= 11 is 0. The van der Waals surface area contributed by atoms with E-state index in [-0.39, 0.29) is 0 Å². The molecule has 4 nitrogen and oxygen atoms in total. The Bertz CT molecular complexity index is 614. The van der Waals surface area contributed by atoms with Gasteiger partial charge >= 0.3 is 42.1 Å². The van der Waals surface area contributed by atoms with Crippen LogP contribution in [0.3, 0.4) is 0 Å². The summed E-state index contributed by atoms with van der Waals surface area (Å²) in [7, 11) is 1.27. The van der Waals surface area contributed by atoms with Crippen molar-refractivity contribution in [3.05, 3.63) is 0 Å². The normalized spacial score (nSPS) is 22.8. The zero-order valence-corrected chi connectivity index (χ0v) is 14.0. The van der Waals surface area contributed by atoms with Gasteiger partial charge in [-0.1, -0.05) is 0 Å². The van der Waals surface area contributed by atoms with Gasteiger partial charge in [0, 0.05) is 26.2 Å². The molecule has 0 saturated carbocycles. The maximum Gasteiger partial charge on any atom is 0.459 e. The second-order valence-electron chi connectivity index (χ2n) is 5.97. The van der Waals surface area contributed by atoms with E-state index in [1.165, 1.54) is 11.9 Å². The molecule has 2 unspecified atom stereocenters. The topological polar surface area (TPSA) is 32.8 Å². The van der Waals surface area contributed by atoms with E-state index in [0.717, 1.165) is 0 Å². The van der Waals surface area contributed by atoms with Crippen LogP contribution >= 0.6 is 0 Å². The number of hydrogen-bond donors (Lipinski definition) is 0. The van der Waals surface area contributed by atoms with Crippen molar-refractivity contribution in [1.29, 1.82) is 0 Å². The van der Waals surface area contributed by atoms with Crippen molar-refractivity contribution in [3.63, 3.8) is 0 Å². The Morgan fingerprint density at radius 3 is 1.48 bits per heavy atom. The highest BCUT2D eigenvalue weighted by molar-refractivity contribution is 5.77. The molecule has 0 aromatic rings. The SMILES string of the molecule is CN1CCN(C(F)(F)C(F)(C(F)(F)F)C(F)(F)OC(F)(C(=O)F)C(F)(F)F)CC1. The Kier molecular flexibility index (Phi) is 6.55. The monoisotopic (exact) mass is 462 g/mol. The lowest BCUT2D eigenvalue weighted by molar-refractivity contribution is -0.487. The largest absolute Gasteiger partial charge is 0.459 e. The van der Waals surface area contributed by atoms with Crippen LogP contribution in [0.5, 0.6) is 0 Å². The number of likely N-dealkylation sites (N-methyl/N-ethyl adjacent to an activating group) is 1. The molecule has 172 valence electrons. The number of piperazine rings is 1. The lowest BCUT2D eigenvalue weighted by Crippen LogP contribution is -2.74. The van der Waals surface area contributed by atoms with Gasteiger partial charge in [0.15, 0.2) is 0 Å². The summed E-state index contributed by atoms with van der Waals surface area (Å²) in [6.45, 7) is -3.31. The van der Waals surface area contributed by atoms with Gasteiger partial charge in [-0.2, -0.15) is 52.7 Å². The maximum atomic E-state index is 14.3. The number of carbonyl (C=O) groups is 1. The van der Waals surface area contributed by atoms with Crippen LogP contribution in [-0.4, -0.2) is 85.1 Å². The first kappa shape index (κ1) is 25.7. The fourth-order valence-electron chi connectivity index (χ4n) is 2.27. The first-order valence-electron chi connectivity index (χ1n) is 7.25. The van der Waals surface area contributed by atoms with Gasteiger partial charge in [-0.3, -0.25) is 9.53 Å². The van der Waals surface area contributed by atoms with Crippen LogP contribution in [0.4, 0.5) is 57.1 Å². The Morgan fingerprint density at radius 2 is 1.17 bits per heavy atom. The molecule has 0 aromatic carbocycles. The van der Waals surface area contributed by atoms with Crippen molar-refractivity contribution in [2.24, 2.45) is 0 Å². The molecule has 0 N–H and O–H groups in total. The summed E-state index contributed by atoms with van der Waals surface area (Å²) in [6.07, 6.45) is -21.9. The molecule has 0 spiro atoms. The minimum atomic E-state index is -7.41. The molecule has 0 aliphatic carbocycles. The lowest BCUT2D eigenvalue weighted by Gasteiger charge is -2.46. The highest BCUT2D eigenvalue weighted by atomic mass is 19.4. The molecule has 1 heterocycles. The number of nitrogens with zero attached hydrogens (tertiary/aromatic N) is 2. The predicted octanol–water partition coefficient (Wildman–Crippen LogP) is 3.43. The fourth-order valence-corrected chi connectivity index (χ4v) is 2.27. The summed E-state index contributed by atoms with van der Waals surface area (Å²) in [4.78, 5) is 10.6. The second kappa shape index (κ2) is 7.40. The molecule has 1 fully saturated rings. The molecule has 1 saturated heterocycles. The molecule has 0 radical (unpaired) electrons. The molecular formula is C12H11F13N2O2. The molecule has 0 aromatic heterocycles. The van der Waals surface area contributed by atoms with Crippen molar-refractivity contribution >= 4 is 6.04 Å². The van der Waals surface area contributed by atoms with E-state index < -0.39 is 73.1 Å². The summed E-state index contributed by atoms with van der Waals surface area (Å²) < 4.78 is 174. The standard InChI is InChI=1S/C12H11F13N2O2/c1-26-2-4-27(5-3-26)11(22,23)8(15,10(19,20)21)12(24,25)29-7(14,6(13)28)9(16,17)18/h2-5H2,1H3. The Hall–Kier alpha value is -1.36. The van der Waals surface area contributed by atoms with Crippen molar-refractivity contribution in [3.8, 4) is 0 Å². The second-order valence-corrected chi connectivity index (χ2v) is 5.97. The van der Waals surface area contributed by atoms with E-state index in [0.29, 0.717) is 0 Å². The van der Waals surface area contributed by atoms with E-state index in [4.69, 9.17) is 0 Å². The van der Waals surface area contributed by atoms with Gasteiger partial charge in [-0.05, 0) is 7.05 Å². The van der Waals surface area contributed by atoms with E-state index >= 15 is 0 Å². The van der Waals surface area contributed by atoms with Gasteiger partial charge < -0.3 is 4.90 Å². The fraction of sp³-hybridized carbons (Fsp3) is 0.917. The van der Waals surface area contributed by atoms with Crippen LogP contribution in [0, 0.1) is 0 Å². The number of carbonyl (C=O) groups excluding carboxylic acids is 1. The van der Waals surface area contributed by atoms with Gasteiger partial charge in [0.1, 0.15) is 0 Å². The molecule has 1 aliphatic heterocycles. The lowest BCUT2D eigenvalue weighted by atomic mass is 9.98. The molecule has 0 amide bonds. The van der Waals surface area contributed by atoms with Crippen LogP contribution in [0.15, 0.2) is 0 Å². The Morgan fingerprint density at radius 1 is 0.759 bits per heavy atom. The van der Waals surface area contributed by atoms with Crippen molar-refractivity contribution < 1.29 is 66.6 Å². The van der Waals surface area contributed by atoms with Gasteiger partial charge in [-0.15, -0.1) is 0 Å². The smallest absolute Gasteiger partial charge is 0.304 e. The zero-order valence-electron chi connectivity index (χ0n) is 14.0. The predicted molar refractivity (Wildman–Crippen MR) is 66.0 cm³/mol. The number of ether oxygens (including phenoxy) is 1. The zero-order chi connectivity index (χ0) is 23.3. The number of halogens is 13. The molecule has 2 atom stereocenters. The summed E-state index contributed by atoms with van der Waals surface area (Å²) in [5, 5.41) is 0. The summed E-state index contributed by atoms with van der Waals surface area (Å²) in [5.74, 6) is -6.85. The van der Waals surface area contributed by atoms with Crippen LogP contribution in [0.1, 0.15) is 0 Å². The first-order chi connectivity index (χ1) is 12.6. The third-order valence-corrected chi connectivity index (χ3v) is 3.99. The number of alkyl halides is 12. The van der Waals surface area contributed by atoms with Crippen LogP contribution in [0.2, 0.25) is 0 Å². The van der Waals surface area contributed by atoms with Crippen molar-refractivity contribution in [2.75, 3.05) is 33.2 Å². The summed E-state index contributed by atoms with van der Waals surface area (Å²) in [6, 6.07) is -10.8. The highest BCUT2D eigenvalue weighted by Crippen LogP contribution is 2.57. The van der Waals surface area contributed by atoms with E-state index in [2.05, 4.69) is 0 Å². The van der Waals surface area contributed by atoms with E-state index in [9.17, 15) is 61.9 Å². The van der Waals surface area contributed by atoms with Crippen molar-refractivity contribution in [2.45, 2.75) is 36.0 Å². The first-order valence-corrected chi connectivity index (χ1v) is 7.25. The molecule has 17 heteroatoms. The minimum Gasteiger partial charge on any atom is -0.304 e. The minimum absolute atomic E-state index is 0.492. The molecule has 1 aliphatic rings. The van der Waals surface area contributed by atoms with E-state index in [1.807, 2.05) is 4.74 Å². The van der Waals surface area contributed by atoms with Gasteiger partial charge in [0.05, 0.1) is 0 Å². The van der Waals surface area contributed by atoms with Crippen molar-refractivity contribution in [1.82, 2.24) is 9.80 Å². The van der Waals surface area contributed by atoms with Crippen LogP contribution in [-0.2, 0) is 9.53 Å². The van der Waals surface area contributed by atoms with Gasteiger partial charge in [0.25, 0.3) is 0 Å². The van der Waals surface area contributed by atoms with E-state index in [1.54, 1.807) is 0 Å². The van der Waals surface area contributed by atoms with Gasteiger partial charge in [0.2, 0.25) is 0 Å². The average Bonchev–Trinajstić information content (AvgIpc) is 2.51. The molecule has 0 bridgehead atoms. The molecule has 29 heavy (non-hydrogen) atoms. The Balaban J connectivity index is 3.54. The van der Waals surface area contributed by atoms with Gasteiger partial charge in [-0.25, -0.2) is 9.29 Å². The quantitative estimate of drug-likeness (QED) is 0.344.